The number of nitrogens with zero attached hydrogens (tertiary/aromatic N) is 1. The Balaban J connectivity index is 1.89. The molecule has 182 valence electrons. The Hall–Kier alpha value is -4.15. The van der Waals surface area contributed by atoms with Crippen molar-refractivity contribution in [2.45, 2.75) is 18.6 Å². The molecule has 35 heavy (non-hydrogen) atoms. The summed E-state index contributed by atoms with van der Waals surface area (Å²) in [5.41, 5.74) is 10.1. The molecule has 5 N–H and O–H groups in total. The van der Waals surface area contributed by atoms with Gasteiger partial charge in [0.15, 0.2) is 5.78 Å². The molecule has 2 aromatic carbocycles. The molecule has 2 amide bonds. The summed E-state index contributed by atoms with van der Waals surface area (Å²) in [7, 11) is 0. The first-order valence-electron chi connectivity index (χ1n) is 10.5. The molecular formula is C24H20F4N4O3. The molecule has 1 unspecified atom stereocenters. The molecule has 4 rings (SSSR count). The van der Waals surface area contributed by atoms with E-state index in [2.05, 4.69) is 5.32 Å². The van der Waals surface area contributed by atoms with E-state index >= 15 is 0 Å². The van der Waals surface area contributed by atoms with E-state index in [4.69, 9.17) is 11.5 Å². The lowest BCUT2D eigenvalue weighted by Crippen LogP contribution is -2.51. The fourth-order valence-electron chi connectivity index (χ4n) is 4.26. The van der Waals surface area contributed by atoms with Crippen LogP contribution in [0.4, 0.5) is 17.6 Å². The van der Waals surface area contributed by atoms with Crippen LogP contribution in [0.2, 0.25) is 0 Å². The zero-order valence-electron chi connectivity index (χ0n) is 18.2. The van der Waals surface area contributed by atoms with Gasteiger partial charge < -0.3 is 21.7 Å². The third-order valence-corrected chi connectivity index (χ3v) is 5.84. The number of primary amides is 1. The van der Waals surface area contributed by atoms with Crippen molar-refractivity contribution in [1.29, 1.82) is 0 Å². The van der Waals surface area contributed by atoms with Crippen LogP contribution in [0.15, 0.2) is 59.8 Å². The van der Waals surface area contributed by atoms with Gasteiger partial charge in [0.05, 0.1) is 17.8 Å². The van der Waals surface area contributed by atoms with Crippen molar-refractivity contribution in [2.75, 3.05) is 13.1 Å². The highest BCUT2D eigenvalue weighted by molar-refractivity contribution is 6.00. The molecule has 1 atom stereocenters. The maximum absolute atomic E-state index is 14.2. The van der Waals surface area contributed by atoms with Crippen molar-refractivity contribution in [1.82, 2.24) is 10.2 Å². The summed E-state index contributed by atoms with van der Waals surface area (Å²) in [5.74, 6) is -2.68. The van der Waals surface area contributed by atoms with Crippen LogP contribution in [-0.2, 0) is 11.2 Å². The Morgan fingerprint density at radius 2 is 1.80 bits per heavy atom. The first-order valence-corrected chi connectivity index (χ1v) is 10.5. The van der Waals surface area contributed by atoms with Crippen LogP contribution in [0.1, 0.15) is 31.8 Å². The van der Waals surface area contributed by atoms with E-state index in [9.17, 15) is 31.9 Å². The summed E-state index contributed by atoms with van der Waals surface area (Å²) < 4.78 is 55.8. The number of carbonyl (C=O) groups is 3. The number of allylic oxidation sites excluding steroid dienone is 2. The quantitative estimate of drug-likeness (QED) is 0.441. The summed E-state index contributed by atoms with van der Waals surface area (Å²) in [4.78, 5) is 38.3. The van der Waals surface area contributed by atoms with E-state index in [1.165, 1.54) is 30.3 Å². The fraction of sp³-hybridized carbons (Fsp3) is 0.208. The Kier molecular flexibility index (Phi) is 6.10. The highest BCUT2D eigenvalue weighted by atomic mass is 19.4. The molecule has 0 spiro atoms. The Labute approximate surface area is 197 Å². The molecule has 11 heteroatoms. The van der Waals surface area contributed by atoms with Crippen LogP contribution in [0.5, 0.6) is 0 Å². The van der Waals surface area contributed by atoms with Gasteiger partial charge in [0, 0.05) is 23.4 Å². The number of benzene rings is 2. The minimum atomic E-state index is -4.90. The average molecular weight is 488 g/mol. The lowest BCUT2D eigenvalue weighted by atomic mass is 9.91. The van der Waals surface area contributed by atoms with E-state index in [0.29, 0.717) is 30.2 Å². The van der Waals surface area contributed by atoms with Gasteiger partial charge >= 0.3 is 6.18 Å². The molecule has 0 radical (unpaired) electrons. The maximum Gasteiger partial charge on any atom is 0.418 e. The molecule has 2 aliphatic heterocycles. The van der Waals surface area contributed by atoms with Crippen LogP contribution in [0, 0.1) is 5.82 Å². The molecule has 0 bridgehead atoms. The van der Waals surface area contributed by atoms with Gasteiger partial charge in [0.2, 0.25) is 5.91 Å². The molecule has 0 fully saturated rings. The predicted octanol–water partition coefficient (Wildman–Crippen LogP) is 2.28. The predicted molar refractivity (Wildman–Crippen MR) is 118 cm³/mol. The first-order chi connectivity index (χ1) is 16.5. The SMILES string of the molecule is NC(=O)C1C(N)=CC(C(F)(F)F)=C(c2ccc3c(c2)CCNC3=O)N1CC(=O)c1ccc(F)cc1. The summed E-state index contributed by atoms with van der Waals surface area (Å²) in [6, 6.07) is 7.04. The highest BCUT2D eigenvalue weighted by Gasteiger charge is 2.44. The zero-order chi connectivity index (χ0) is 25.5. The Morgan fingerprint density at radius 3 is 2.43 bits per heavy atom. The van der Waals surface area contributed by atoms with Gasteiger partial charge in [0.1, 0.15) is 11.9 Å². The smallest absolute Gasteiger partial charge is 0.400 e. The van der Waals surface area contributed by atoms with Crippen molar-refractivity contribution in [3.05, 3.63) is 87.9 Å². The van der Waals surface area contributed by atoms with Crippen LogP contribution in [0.3, 0.4) is 0 Å². The minimum absolute atomic E-state index is 0.0257. The molecule has 2 heterocycles. The molecule has 2 aromatic rings. The molecular weight excluding hydrogens is 468 g/mol. The van der Waals surface area contributed by atoms with E-state index in [0.717, 1.165) is 17.0 Å². The number of fused-ring (bicyclic) bond motifs is 1. The van der Waals surface area contributed by atoms with Crippen molar-refractivity contribution in [3.63, 3.8) is 0 Å². The van der Waals surface area contributed by atoms with Gasteiger partial charge in [-0.1, -0.05) is 6.07 Å². The molecule has 0 aliphatic carbocycles. The number of amides is 2. The molecule has 2 aliphatic rings. The number of rotatable bonds is 5. The topological polar surface area (TPSA) is 119 Å². The Morgan fingerprint density at radius 1 is 1.11 bits per heavy atom. The first kappa shape index (κ1) is 24.0. The summed E-state index contributed by atoms with van der Waals surface area (Å²) in [5, 5.41) is 2.66. The van der Waals surface area contributed by atoms with Gasteiger partial charge in [-0.2, -0.15) is 13.2 Å². The number of Topliss-reactive ketones (excluding diaryl/α,β-unsaturated/α-hetero) is 1. The minimum Gasteiger partial charge on any atom is -0.400 e. The van der Waals surface area contributed by atoms with Crippen molar-refractivity contribution in [2.24, 2.45) is 11.5 Å². The van der Waals surface area contributed by atoms with Crippen LogP contribution < -0.4 is 16.8 Å². The van der Waals surface area contributed by atoms with E-state index in [1.54, 1.807) is 0 Å². The molecule has 0 saturated carbocycles. The van der Waals surface area contributed by atoms with Crippen LogP contribution in [-0.4, -0.2) is 47.8 Å². The second kappa shape index (κ2) is 8.90. The van der Waals surface area contributed by atoms with Crippen LogP contribution in [0.25, 0.3) is 5.70 Å². The third kappa shape index (κ3) is 4.61. The fourth-order valence-corrected chi connectivity index (χ4v) is 4.26. The number of carbonyl (C=O) groups excluding carboxylic acids is 3. The van der Waals surface area contributed by atoms with Crippen molar-refractivity contribution in [3.8, 4) is 0 Å². The number of nitrogens with one attached hydrogen (secondary N) is 1. The molecule has 0 aromatic heterocycles. The van der Waals surface area contributed by atoms with E-state index in [1.807, 2.05) is 0 Å². The largest absolute Gasteiger partial charge is 0.418 e. The summed E-state index contributed by atoms with van der Waals surface area (Å²) >= 11 is 0. The van der Waals surface area contributed by atoms with E-state index < -0.39 is 53.2 Å². The van der Waals surface area contributed by atoms with Crippen molar-refractivity contribution < 1.29 is 31.9 Å². The normalized spacial score (nSPS) is 18.1. The van der Waals surface area contributed by atoms with Crippen LogP contribution >= 0.6 is 0 Å². The monoisotopic (exact) mass is 488 g/mol. The number of hydrogen-bond donors (Lipinski definition) is 3. The summed E-state index contributed by atoms with van der Waals surface area (Å²) in [6.07, 6.45) is -3.88. The molecule has 7 nitrogen and oxygen atoms in total. The van der Waals surface area contributed by atoms with Gasteiger partial charge in [-0.05, 0) is 60.0 Å². The van der Waals surface area contributed by atoms with Gasteiger partial charge in [-0.15, -0.1) is 0 Å². The number of alkyl halides is 3. The Bertz CT molecular complexity index is 1280. The number of nitrogens with two attached hydrogens (primary N) is 2. The number of ketones is 1. The summed E-state index contributed by atoms with van der Waals surface area (Å²) in [6.45, 7) is -0.385. The molecule has 0 saturated heterocycles. The average Bonchev–Trinajstić information content (AvgIpc) is 2.78. The highest BCUT2D eigenvalue weighted by Crippen LogP contribution is 2.41. The van der Waals surface area contributed by atoms with E-state index in [-0.39, 0.29) is 17.0 Å². The number of hydrogen-bond acceptors (Lipinski definition) is 5. The number of halogens is 4. The maximum atomic E-state index is 14.2. The van der Waals surface area contributed by atoms with Gasteiger partial charge in [-0.25, -0.2) is 4.39 Å². The second-order valence-corrected chi connectivity index (χ2v) is 8.15. The van der Waals surface area contributed by atoms with Gasteiger partial charge in [0.25, 0.3) is 5.91 Å². The second-order valence-electron chi connectivity index (χ2n) is 8.15. The third-order valence-electron chi connectivity index (χ3n) is 5.84. The van der Waals surface area contributed by atoms with Crippen molar-refractivity contribution >= 4 is 23.3 Å². The lowest BCUT2D eigenvalue weighted by molar-refractivity contribution is -0.121. The lowest BCUT2D eigenvalue weighted by Gasteiger charge is -2.38. The van der Waals surface area contributed by atoms with Gasteiger partial charge in [-0.3, -0.25) is 14.4 Å². The zero-order valence-corrected chi connectivity index (χ0v) is 18.2. The standard InChI is InChI=1S/C24H20F4N4O3/c25-15-4-1-12(2-5-15)19(33)11-32-20(14-3-6-16-13(9-14)7-8-31-23(16)35)17(24(26,27)28)10-18(29)21(32)22(30)34/h1-6,9-10,21H,7-8,11,29H2,(H2,30,34)(H,31,35).